The Bertz CT molecular complexity index is 651. The molecular formula is C29H53NO6P+. The van der Waals surface area contributed by atoms with Crippen molar-refractivity contribution in [2.45, 2.75) is 109 Å². The molecule has 7 nitrogen and oxygen atoms in total. The summed E-state index contributed by atoms with van der Waals surface area (Å²) in [5, 5.41) is 2.11. The van der Waals surface area contributed by atoms with Crippen molar-refractivity contribution < 1.29 is 33.5 Å². The summed E-state index contributed by atoms with van der Waals surface area (Å²) >= 11 is 0. The lowest BCUT2D eigenvalue weighted by atomic mass is 10.1. The maximum Gasteiger partial charge on any atom is 0.329 e. The van der Waals surface area contributed by atoms with Crippen molar-refractivity contribution in [3.8, 4) is 5.75 Å². The highest BCUT2D eigenvalue weighted by atomic mass is 31.2. The number of carbonyl (C=O) groups is 1. The molecule has 0 aromatic heterocycles. The van der Waals surface area contributed by atoms with Gasteiger partial charge in [-0.2, -0.15) is 0 Å². The quantitative estimate of drug-likeness (QED) is 0.0796. The van der Waals surface area contributed by atoms with Gasteiger partial charge < -0.3 is 28.7 Å². The van der Waals surface area contributed by atoms with Crippen LogP contribution in [0.5, 0.6) is 5.75 Å². The van der Waals surface area contributed by atoms with Gasteiger partial charge in [0.15, 0.2) is 0 Å². The van der Waals surface area contributed by atoms with Crippen molar-refractivity contribution in [3.05, 3.63) is 29.8 Å². The molecule has 0 spiro atoms. The third-order valence-electron chi connectivity index (χ3n) is 6.38. The first kappa shape index (κ1) is 33.8. The molecule has 3 N–H and O–H groups in total. The largest absolute Gasteiger partial charge is 0.493 e. The van der Waals surface area contributed by atoms with Gasteiger partial charge in [0, 0.05) is 6.42 Å². The Morgan fingerprint density at radius 3 is 2.14 bits per heavy atom. The van der Waals surface area contributed by atoms with Gasteiger partial charge >= 0.3 is 8.60 Å². The minimum Gasteiger partial charge on any atom is -0.493 e. The average Bonchev–Trinajstić information content (AvgIpc) is 2.90. The number of benzene rings is 1. The van der Waals surface area contributed by atoms with Gasteiger partial charge in [-0.25, -0.2) is 0 Å². The normalized spacial score (nSPS) is 12.8. The van der Waals surface area contributed by atoms with Crippen LogP contribution in [0, 0.1) is 0 Å². The third-order valence-corrected chi connectivity index (χ3v) is 7.16. The number of hydrogen-bond acceptors (Lipinski definition) is 6. The molecule has 0 heterocycles. The fourth-order valence-electron chi connectivity index (χ4n) is 4.19. The van der Waals surface area contributed by atoms with E-state index in [2.05, 4.69) is 12.2 Å². The Balaban J connectivity index is 2.24. The van der Waals surface area contributed by atoms with Crippen LogP contribution in [0.25, 0.3) is 0 Å². The van der Waals surface area contributed by atoms with E-state index >= 15 is 0 Å². The molecular weight excluding hydrogens is 489 g/mol. The molecule has 37 heavy (non-hydrogen) atoms. The van der Waals surface area contributed by atoms with E-state index in [0.29, 0.717) is 26.1 Å². The number of rotatable bonds is 27. The second-order valence-corrected chi connectivity index (χ2v) is 10.7. The average molecular weight is 543 g/mol. The molecule has 0 fully saturated rings. The highest BCUT2D eigenvalue weighted by Gasteiger charge is 2.17. The van der Waals surface area contributed by atoms with Crippen molar-refractivity contribution in [3.63, 3.8) is 0 Å². The number of hydrogen-bond donors (Lipinski definition) is 2. The molecule has 0 saturated carbocycles. The molecule has 0 aliphatic rings. The summed E-state index contributed by atoms with van der Waals surface area (Å²) in [6.07, 6.45) is 17.6. The second-order valence-electron chi connectivity index (χ2n) is 9.67. The highest BCUT2D eigenvalue weighted by molar-refractivity contribution is 7.40. The van der Waals surface area contributed by atoms with Gasteiger partial charge in [0.25, 0.3) is 6.47 Å². The van der Waals surface area contributed by atoms with Crippen LogP contribution in [0.1, 0.15) is 102 Å². The van der Waals surface area contributed by atoms with Crippen LogP contribution in [0.3, 0.4) is 0 Å². The maximum absolute atomic E-state index is 11.0. The monoisotopic (exact) mass is 542 g/mol. The highest BCUT2D eigenvalue weighted by Crippen LogP contribution is 2.33. The van der Waals surface area contributed by atoms with Crippen molar-refractivity contribution in [1.29, 1.82) is 0 Å². The van der Waals surface area contributed by atoms with Gasteiger partial charge in [-0.15, -0.1) is 0 Å². The summed E-state index contributed by atoms with van der Waals surface area (Å²) in [5.74, 6) is 0.806. The number of unbranched alkanes of at least 4 members (excludes halogenated alkanes) is 12. The molecule has 214 valence electrons. The molecule has 2 atom stereocenters. The van der Waals surface area contributed by atoms with Crippen molar-refractivity contribution >= 4 is 15.1 Å². The van der Waals surface area contributed by atoms with Crippen LogP contribution < -0.4 is 10.1 Å². The maximum atomic E-state index is 11.0. The Morgan fingerprint density at radius 1 is 0.865 bits per heavy atom. The first-order valence-electron chi connectivity index (χ1n) is 14.5. The first-order chi connectivity index (χ1) is 18.2. The molecule has 1 aromatic rings. The first-order valence-corrected chi connectivity index (χ1v) is 15.7. The van der Waals surface area contributed by atoms with E-state index in [0.717, 1.165) is 37.1 Å². The second kappa shape index (κ2) is 25.1. The summed E-state index contributed by atoms with van der Waals surface area (Å²) in [4.78, 5) is 21.0. The van der Waals surface area contributed by atoms with Gasteiger partial charge in [-0.05, 0) is 30.9 Å². The fourth-order valence-corrected chi connectivity index (χ4v) is 4.84. The van der Waals surface area contributed by atoms with Crippen LogP contribution in [0.4, 0.5) is 0 Å². The zero-order chi connectivity index (χ0) is 26.8. The van der Waals surface area contributed by atoms with Gasteiger partial charge in [0.1, 0.15) is 11.9 Å². The lowest BCUT2D eigenvalue weighted by Crippen LogP contribution is -2.79. The summed E-state index contributed by atoms with van der Waals surface area (Å²) in [7, 11) is 0.0377. The SMILES string of the molecule is CCCCCCCCCCCCCCOc1ccccc1CC(COP(O)OCCCC[NH2+]C)OC=O. The van der Waals surface area contributed by atoms with Crippen LogP contribution in [0.15, 0.2) is 24.3 Å². The topological polar surface area (TPSA) is 90.8 Å². The predicted molar refractivity (Wildman–Crippen MR) is 151 cm³/mol. The Labute approximate surface area is 227 Å². The Hall–Kier alpha value is -1.24. The molecule has 2 unspecified atom stereocenters. The zero-order valence-electron chi connectivity index (χ0n) is 23.4. The minimum atomic E-state index is -1.99. The van der Waals surface area contributed by atoms with Gasteiger partial charge in [0.05, 0.1) is 33.4 Å². The lowest BCUT2D eigenvalue weighted by molar-refractivity contribution is -0.627. The van der Waals surface area contributed by atoms with E-state index in [9.17, 15) is 9.69 Å². The van der Waals surface area contributed by atoms with Crippen LogP contribution in [-0.2, 0) is 25.0 Å². The molecule has 8 heteroatoms. The van der Waals surface area contributed by atoms with E-state index in [-0.39, 0.29) is 6.61 Å². The van der Waals surface area contributed by atoms with E-state index < -0.39 is 14.7 Å². The molecule has 0 aliphatic heterocycles. The number of quaternary nitrogens is 1. The van der Waals surface area contributed by atoms with Crippen LogP contribution in [-0.4, -0.2) is 50.9 Å². The standard InChI is InChI=1S/C29H52NO6P/c1-3-4-5-6-7-8-9-10-11-12-13-17-22-33-29-20-15-14-19-27(29)24-28(34-26-31)25-36-37(32)35-23-18-16-21-30-2/h14-15,19-20,26,28,30,32H,3-13,16-18,21-25H2,1-2H3/p+1. The molecule has 0 bridgehead atoms. The van der Waals surface area contributed by atoms with Gasteiger partial charge in [-0.1, -0.05) is 95.8 Å². The van der Waals surface area contributed by atoms with Crippen molar-refractivity contribution in [1.82, 2.24) is 0 Å². The van der Waals surface area contributed by atoms with Gasteiger partial charge in [0.2, 0.25) is 0 Å². The van der Waals surface area contributed by atoms with E-state index in [4.69, 9.17) is 18.5 Å². The molecule has 0 radical (unpaired) electrons. The van der Waals surface area contributed by atoms with Gasteiger partial charge in [-0.3, -0.25) is 4.79 Å². The Morgan fingerprint density at radius 2 is 1.49 bits per heavy atom. The Kier molecular flexibility index (Phi) is 22.9. The summed E-state index contributed by atoms with van der Waals surface area (Å²) < 4.78 is 22.0. The van der Waals surface area contributed by atoms with E-state index in [1.165, 1.54) is 70.6 Å². The van der Waals surface area contributed by atoms with Crippen LogP contribution in [0.2, 0.25) is 0 Å². The minimum absolute atomic E-state index is 0.0662. The zero-order valence-corrected chi connectivity index (χ0v) is 24.3. The molecule has 0 amide bonds. The lowest BCUT2D eigenvalue weighted by Gasteiger charge is -2.19. The predicted octanol–water partition coefficient (Wildman–Crippen LogP) is 6.08. The summed E-state index contributed by atoms with van der Waals surface area (Å²) in [6, 6.07) is 7.82. The number of carbonyl (C=O) groups excluding carboxylic acids is 1. The smallest absolute Gasteiger partial charge is 0.329 e. The molecule has 0 saturated heterocycles. The molecule has 1 rings (SSSR count). The van der Waals surface area contributed by atoms with E-state index in [1.807, 2.05) is 31.3 Å². The number of nitrogens with two attached hydrogens (primary N) is 1. The third kappa shape index (κ3) is 19.5. The number of para-hydroxylation sites is 1. The summed E-state index contributed by atoms with van der Waals surface area (Å²) in [6.45, 7) is 4.91. The van der Waals surface area contributed by atoms with Crippen LogP contribution >= 0.6 is 8.60 Å². The van der Waals surface area contributed by atoms with E-state index in [1.54, 1.807) is 0 Å². The summed E-state index contributed by atoms with van der Waals surface area (Å²) in [5.41, 5.74) is 0.955. The van der Waals surface area contributed by atoms with Crippen molar-refractivity contribution in [2.75, 3.05) is 33.4 Å². The fraction of sp³-hybridized carbons (Fsp3) is 0.759. The molecule has 0 aliphatic carbocycles. The van der Waals surface area contributed by atoms with Crippen molar-refractivity contribution in [2.24, 2.45) is 0 Å². The molecule has 1 aromatic carbocycles. The number of ether oxygens (including phenoxy) is 2.